The second-order valence-corrected chi connectivity index (χ2v) is 8.01. The Kier molecular flexibility index (Phi) is 7.57. The SMILES string of the molecule is C=CCC[C@@H](C)CSCCC(=O)c1ccc2cc(N(C)C)ccc2c1. The van der Waals surface area contributed by atoms with E-state index in [1.807, 2.05) is 44.1 Å². The lowest BCUT2D eigenvalue weighted by Gasteiger charge is -2.13. The average Bonchev–Trinajstić information content (AvgIpc) is 2.62. The molecule has 2 nitrogen and oxygen atoms in total. The van der Waals surface area contributed by atoms with E-state index in [1.165, 1.54) is 17.5 Å². The molecule has 0 unspecified atom stereocenters. The molecule has 0 radical (unpaired) electrons. The van der Waals surface area contributed by atoms with Crippen LogP contribution in [0.4, 0.5) is 5.69 Å². The Bertz CT molecular complexity index is 723. The predicted molar refractivity (Wildman–Crippen MR) is 113 cm³/mol. The van der Waals surface area contributed by atoms with Gasteiger partial charge in [-0.05, 0) is 53.5 Å². The molecule has 0 N–H and O–H groups in total. The van der Waals surface area contributed by atoms with Gasteiger partial charge in [0.1, 0.15) is 0 Å². The van der Waals surface area contributed by atoms with Crippen LogP contribution >= 0.6 is 11.8 Å². The van der Waals surface area contributed by atoms with Crippen molar-refractivity contribution in [3.8, 4) is 0 Å². The summed E-state index contributed by atoms with van der Waals surface area (Å²) in [6.07, 6.45) is 4.85. The van der Waals surface area contributed by atoms with E-state index in [-0.39, 0.29) is 5.78 Å². The molecule has 0 amide bonds. The third kappa shape index (κ3) is 5.93. The summed E-state index contributed by atoms with van der Waals surface area (Å²) in [6, 6.07) is 12.4. The summed E-state index contributed by atoms with van der Waals surface area (Å²) in [5.41, 5.74) is 2.00. The molecule has 0 saturated carbocycles. The second kappa shape index (κ2) is 9.67. The number of anilines is 1. The number of hydrogen-bond donors (Lipinski definition) is 0. The molecule has 1 atom stereocenters. The topological polar surface area (TPSA) is 20.3 Å². The molecule has 25 heavy (non-hydrogen) atoms. The van der Waals surface area contributed by atoms with Gasteiger partial charge in [-0.2, -0.15) is 11.8 Å². The monoisotopic (exact) mass is 355 g/mol. The summed E-state index contributed by atoms with van der Waals surface area (Å²) in [6.45, 7) is 6.03. The molecule has 0 fully saturated rings. The lowest BCUT2D eigenvalue weighted by Crippen LogP contribution is -2.08. The van der Waals surface area contributed by atoms with E-state index < -0.39 is 0 Å². The zero-order valence-corrected chi connectivity index (χ0v) is 16.4. The molecular formula is C22H29NOS. The molecule has 2 aromatic rings. The van der Waals surface area contributed by atoms with E-state index in [1.54, 1.807) is 0 Å². The number of hydrogen-bond acceptors (Lipinski definition) is 3. The summed E-state index contributed by atoms with van der Waals surface area (Å²) in [4.78, 5) is 14.5. The van der Waals surface area contributed by atoms with Gasteiger partial charge < -0.3 is 4.90 Å². The van der Waals surface area contributed by atoms with Crippen LogP contribution in [-0.2, 0) is 0 Å². The van der Waals surface area contributed by atoms with Crippen molar-refractivity contribution in [1.29, 1.82) is 0 Å². The van der Waals surface area contributed by atoms with E-state index in [2.05, 4.69) is 42.7 Å². The highest BCUT2D eigenvalue weighted by atomic mass is 32.2. The van der Waals surface area contributed by atoms with Crippen molar-refractivity contribution in [2.75, 3.05) is 30.5 Å². The van der Waals surface area contributed by atoms with E-state index in [0.29, 0.717) is 12.3 Å². The van der Waals surface area contributed by atoms with Crippen LogP contribution in [0.15, 0.2) is 49.1 Å². The lowest BCUT2D eigenvalue weighted by molar-refractivity contribution is 0.0989. The molecule has 0 bridgehead atoms. The summed E-state index contributed by atoms with van der Waals surface area (Å²) in [7, 11) is 4.07. The number of allylic oxidation sites excluding steroid dienone is 1. The number of fused-ring (bicyclic) bond motifs is 1. The van der Waals surface area contributed by atoms with E-state index in [9.17, 15) is 4.79 Å². The minimum Gasteiger partial charge on any atom is -0.378 e. The first kappa shape index (κ1) is 19.6. The number of benzene rings is 2. The highest BCUT2D eigenvalue weighted by Crippen LogP contribution is 2.23. The van der Waals surface area contributed by atoms with Crippen molar-refractivity contribution in [3.05, 3.63) is 54.6 Å². The summed E-state index contributed by atoms with van der Waals surface area (Å²) in [5, 5.41) is 2.30. The van der Waals surface area contributed by atoms with Crippen LogP contribution in [0.2, 0.25) is 0 Å². The normalized spacial score (nSPS) is 12.1. The average molecular weight is 356 g/mol. The van der Waals surface area contributed by atoms with Crippen LogP contribution in [0.3, 0.4) is 0 Å². The minimum absolute atomic E-state index is 0.241. The van der Waals surface area contributed by atoms with Crippen LogP contribution < -0.4 is 4.90 Å². The van der Waals surface area contributed by atoms with Gasteiger partial charge in [0.2, 0.25) is 0 Å². The Balaban J connectivity index is 1.89. The van der Waals surface area contributed by atoms with Crippen LogP contribution in [-0.4, -0.2) is 31.4 Å². The van der Waals surface area contributed by atoms with Gasteiger partial charge in [0.05, 0.1) is 0 Å². The molecule has 0 aromatic heterocycles. The minimum atomic E-state index is 0.241. The van der Waals surface area contributed by atoms with Crippen molar-refractivity contribution >= 4 is 34.0 Å². The lowest BCUT2D eigenvalue weighted by atomic mass is 10.0. The number of Topliss-reactive ketones (excluding diaryl/α,β-unsaturated/α-hetero) is 1. The van der Waals surface area contributed by atoms with Crippen molar-refractivity contribution in [3.63, 3.8) is 0 Å². The third-order valence-electron chi connectivity index (χ3n) is 4.40. The number of carbonyl (C=O) groups is 1. The molecule has 2 aromatic carbocycles. The number of nitrogens with zero attached hydrogens (tertiary/aromatic N) is 1. The van der Waals surface area contributed by atoms with Gasteiger partial charge in [-0.15, -0.1) is 6.58 Å². The largest absolute Gasteiger partial charge is 0.378 e. The van der Waals surface area contributed by atoms with Crippen molar-refractivity contribution in [1.82, 2.24) is 0 Å². The molecule has 0 aliphatic rings. The third-order valence-corrected chi connectivity index (χ3v) is 5.70. The maximum Gasteiger partial charge on any atom is 0.163 e. The Hall–Kier alpha value is -1.74. The Morgan fingerprint density at radius 3 is 2.64 bits per heavy atom. The Labute approximate surface area is 156 Å². The summed E-state index contributed by atoms with van der Waals surface area (Å²) < 4.78 is 0. The first-order chi connectivity index (χ1) is 12.0. The van der Waals surface area contributed by atoms with Gasteiger partial charge in [0.15, 0.2) is 5.78 Å². The van der Waals surface area contributed by atoms with Gasteiger partial charge in [-0.1, -0.05) is 31.2 Å². The molecular weight excluding hydrogens is 326 g/mol. The van der Waals surface area contributed by atoms with Crippen LogP contribution in [0, 0.1) is 5.92 Å². The molecule has 134 valence electrons. The van der Waals surface area contributed by atoms with Gasteiger partial charge in [-0.3, -0.25) is 4.79 Å². The van der Waals surface area contributed by atoms with E-state index in [4.69, 9.17) is 0 Å². The Morgan fingerprint density at radius 2 is 1.92 bits per heavy atom. The molecule has 3 heteroatoms. The quantitative estimate of drug-likeness (QED) is 0.304. The number of ketones is 1. The standard InChI is InChI=1S/C22H29NOS/c1-5-6-7-17(2)16-25-13-12-22(24)20-9-8-19-15-21(23(3)4)11-10-18(19)14-20/h5,8-11,14-15,17H,1,6-7,12-13,16H2,2-4H3/t17-/m1/s1. The van der Waals surface area contributed by atoms with Crippen molar-refractivity contribution < 1.29 is 4.79 Å². The molecule has 2 rings (SSSR count). The van der Waals surface area contributed by atoms with Gasteiger partial charge in [-0.25, -0.2) is 0 Å². The van der Waals surface area contributed by atoms with Gasteiger partial charge in [0, 0.05) is 37.5 Å². The number of rotatable bonds is 10. The van der Waals surface area contributed by atoms with Gasteiger partial charge >= 0.3 is 0 Å². The summed E-state index contributed by atoms with van der Waals surface area (Å²) in [5.74, 6) is 2.94. The zero-order chi connectivity index (χ0) is 18.2. The molecule has 0 spiro atoms. The highest BCUT2D eigenvalue weighted by molar-refractivity contribution is 7.99. The molecule has 0 aliphatic heterocycles. The second-order valence-electron chi connectivity index (χ2n) is 6.86. The zero-order valence-electron chi connectivity index (χ0n) is 15.6. The molecule has 0 saturated heterocycles. The maximum absolute atomic E-state index is 12.4. The molecule has 0 heterocycles. The number of carbonyl (C=O) groups excluding carboxylic acids is 1. The number of thioether (sulfide) groups is 1. The fourth-order valence-electron chi connectivity index (χ4n) is 2.76. The van der Waals surface area contributed by atoms with E-state index in [0.717, 1.165) is 28.9 Å². The molecule has 0 aliphatic carbocycles. The fourth-order valence-corrected chi connectivity index (χ4v) is 3.83. The van der Waals surface area contributed by atoms with Crippen LogP contribution in [0.5, 0.6) is 0 Å². The van der Waals surface area contributed by atoms with Crippen molar-refractivity contribution in [2.24, 2.45) is 5.92 Å². The van der Waals surface area contributed by atoms with Crippen molar-refractivity contribution in [2.45, 2.75) is 26.2 Å². The predicted octanol–water partition coefficient (Wildman–Crippen LogP) is 5.81. The van der Waals surface area contributed by atoms with Crippen LogP contribution in [0.25, 0.3) is 10.8 Å². The smallest absolute Gasteiger partial charge is 0.163 e. The van der Waals surface area contributed by atoms with Crippen LogP contribution in [0.1, 0.15) is 36.5 Å². The van der Waals surface area contributed by atoms with E-state index >= 15 is 0 Å². The fraction of sp³-hybridized carbons (Fsp3) is 0.409. The first-order valence-corrected chi connectivity index (χ1v) is 10.1. The first-order valence-electron chi connectivity index (χ1n) is 8.94. The maximum atomic E-state index is 12.4. The Morgan fingerprint density at radius 1 is 1.20 bits per heavy atom. The highest BCUT2D eigenvalue weighted by Gasteiger charge is 2.08. The summed E-state index contributed by atoms with van der Waals surface area (Å²) >= 11 is 1.88. The van der Waals surface area contributed by atoms with Gasteiger partial charge in [0.25, 0.3) is 0 Å².